The number of carbonyl (C=O) groups is 1. The second kappa shape index (κ2) is 8.84. The van der Waals surface area contributed by atoms with Crippen LogP contribution in [0.4, 0.5) is 13.2 Å². The number of hydrazone groups is 1. The summed E-state index contributed by atoms with van der Waals surface area (Å²) in [5.41, 5.74) is 2.61. The highest BCUT2D eigenvalue weighted by atomic mass is 19.4. The Bertz CT molecular complexity index is 1190. The summed E-state index contributed by atoms with van der Waals surface area (Å²) in [7, 11) is 0. The van der Waals surface area contributed by atoms with Crippen LogP contribution in [0.1, 0.15) is 21.7 Å². The van der Waals surface area contributed by atoms with E-state index in [0.29, 0.717) is 11.5 Å². The third kappa shape index (κ3) is 4.56. The molecule has 3 aromatic carbocycles. The van der Waals surface area contributed by atoms with Gasteiger partial charge in [0.25, 0.3) is 0 Å². The molecule has 1 aromatic heterocycles. The van der Waals surface area contributed by atoms with Gasteiger partial charge < -0.3 is 0 Å². The minimum Gasteiger partial charge on any atom is -0.264 e. The number of para-hydroxylation sites is 1. The zero-order chi connectivity index (χ0) is 22.6. The van der Waals surface area contributed by atoms with E-state index in [1.54, 1.807) is 0 Å². The SMILES string of the molecule is O=C(N/N=C/c1ccccc1C(F)(F)F)c1nc(-c2ccccc2)n(-c2ccccc2)n1. The van der Waals surface area contributed by atoms with Crippen LogP contribution in [0.5, 0.6) is 0 Å². The Morgan fingerprint density at radius 3 is 2.22 bits per heavy atom. The first-order valence-corrected chi connectivity index (χ1v) is 9.51. The van der Waals surface area contributed by atoms with Gasteiger partial charge in [-0.2, -0.15) is 18.3 Å². The molecule has 0 saturated carbocycles. The summed E-state index contributed by atoms with van der Waals surface area (Å²) in [6, 6.07) is 23.3. The number of aromatic nitrogens is 3. The van der Waals surface area contributed by atoms with Crippen molar-refractivity contribution in [2.24, 2.45) is 5.10 Å². The predicted molar refractivity (Wildman–Crippen MR) is 113 cm³/mol. The second-order valence-corrected chi connectivity index (χ2v) is 6.66. The van der Waals surface area contributed by atoms with Gasteiger partial charge in [0.1, 0.15) is 0 Å². The van der Waals surface area contributed by atoms with Crippen LogP contribution in [0.15, 0.2) is 90.0 Å². The van der Waals surface area contributed by atoms with E-state index in [2.05, 4.69) is 20.6 Å². The molecule has 0 aliphatic rings. The Morgan fingerprint density at radius 2 is 1.53 bits per heavy atom. The zero-order valence-corrected chi connectivity index (χ0v) is 16.5. The Morgan fingerprint density at radius 1 is 0.906 bits per heavy atom. The van der Waals surface area contributed by atoms with Crippen LogP contribution < -0.4 is 5.43 Å². The molecule has 0 aliphatic heterocycles. The number of nitrogens with one attached hydrogen (secondary N) is 1. The maximum Gasteiger partial charge on any atom is 0.417 e. The molecule has 0 aliphatic carbocycles. The number of carbonyl (C=O) groups excluding carboxylic acids is 1. The van der Waals surface area contributed by atoms with E-state index in [0.717, 1.165) is 17.8 Å². The number of alkyl halides is 3. The number of hydrogen-bond acceptors (Lipinski definition) is 4. The Labute approximate surface area is 181 Å². The Balaban J connectivity index is 1.62. The van der Waals surface area contributed by atoms with Crippen molar-refractivity contribution >= 4 is 12.1 Å². The van der Waals surface area contributed by atoms with Crippen molar-refractivity contribution in [1.29, 1.82) is 0 Å². The highest BCUT2D eigenvalue weighted by Crippen LogP contribution is 2.31. The summed E-state index contributed by atoms with van der Waals surface area (Å²) >= 11 is 0. The van der Waals surface area contributed by atoms with Crippen LogP contribution in [0.25, 0.3) is 17.1 Å². The standard InChI is InChI=1S/C23H16F3N5O/c24-23(25,26)19-14-8-7-11-17(19)15-27-29-22(32)20-28-21(16-9-3-1-4-10-16)31(30-20)18-12-5-2-6-13-18/h1-15H,(H,29,32)/b27-15+. The summed E-state index contributed by atoms with van der Waals surface area (Å²) < 4.78 is 40.8. The van der Waals surface area contributed by atoms with Crippen LogP contribution in [0.2, 0.25) is 0 Å². The molecule has 1 N–H and O–H groups in total. The van der Waals surface area contributed by atoms with E-state index < -0.39 is 17.6 Å². The highest BCUT2D eigenvalue weighted by molar-refractivity contribution is 5.92. The number of hydrogen-bond donors (Lipinski definition) is 1. The third-order valence-corrected chi connectivity index (χ3v) is 4.48. The van der Waals surface area contributed by atoms with Crippen LogP contribution in [0.3, 0.4) is 0 Å². The summed E-state index contributed by atoms with van der Waals surface area (Å²) in [6.07, 6.45) is -3.60. The van der Waals surface area contributed by atoms with Crippen molar-refractivity contribution in [3.8, 4) is 17.1 Å². The van der Waals surface area contributed by atoms with Gasteiger partial charge in [-0.25, -0.2) is 15.1 Å². The minimum absolute atomic E-state index is 0.172. The van der Waals surface area contributed by atoms with Gasteiger partial charge >= 0.3 is 12.1 Å². The first-order valence-electron chi connectivity index (χ1n) is 9.51. The Kier molecular flexibility index (Phi) is 5.80. The van der Waals surface area contributed by atoms with E-state index in [4.69, 9.17) is 0 Å². The summed E-state index contributed by atoms with van der Waals surface area (Å²) in [5.74, 6) is -0.486. The fraction of sp³-hybridized carbons (Fsp3) is 0.0435. The van der Waals surface area contributed by atoms with Gasteiger partial charge in [0.05, 0.1) is 17.5 Å². The van der Waals surface area contributed by atoms with Crippen LogP contribution in [-0.2, 0) is 6.18 Å². The minimum atomic E-state index is -4.53. The average Bonchev–Trinajstić information content (AvgIpc) is 3.26. The molecule has 0 unspecified atom stereocenters. The summed E-state index contributed by atoms with van der Waals surface area (Å²) in [4.78, 5) is 16.9. The fourth-order valence-corrected chi connectivity index (χ4v) is 3.01. The number of benzene rings is 3. The quantitative estimate of drug-likeness (QED) is 0.364. The van der Waals surface area contributed by atoms with Gasteiger partial charge in [-0.05, 0) is 18.2 Å². The summed E-state index contributed by atoms with van der Waals surface area (Å²) in [5, 5.41) is 7.94. The maximum atomic E-state index is 13.1. The van der Waals surface area contributed by atoms with E-state index in [9.17, 15) is 18.0 Å². The lowest BCUT2D eigenvalue weighted by atomic mass is 10.1. The smallest absolute Gasteiger partial charge is 0.264 e. The molecule has 0 spiro atoms. The highest BCUT2D eigenvalue weighted by Gasteiger charge is 2.32. The molecule has 1 heterocycles. The first-order chi connectivity index (χ1) is 15.4. The van der Waals surface area contributed by atoms with Crippen molar-refractivity contribution in [2.75, 3.05) is 0 Å². The molecule has 160 valence electrons. The van der Waals surface area contributed by atoms with Gasteiger partial charge in [0.2, 0.25) is 5.82 Å². The van der Waals surface area contributed by atoms with Gasteiger partial charge in [0.15, 0.2) is 5.82 Å². The molecule has 4 aromatic rings. The number of halogens is 3. The molecule has 0 saturated heterocycles. The lowest BCUT2D eigenvalue weighted by molar-refractivity contribution is -0.137. The Hall–Kier alpha value is -4.27. The molecule has 1 amide bonds. The molecule has 6 nitrogen and oxygen atoms in total. The molecular weight excluding hydrogens is 419 g/mol. The maximum absolute atomic E-state index is 13.1. The van der Waals surface area contributed by atoms with Crippen LogP contribution >= 0.6 is 0 Å². The number of rotatable bonds is 5. The van der Waals surface area contributed by atoms with Crippen molar-refractivity contribution in [3.05, 3.63) is 102 Å². The first kappa shape index (κ1) is 21.0. The molecular formula is C23H16F3N5O. The molecule has 0 radical (unpaired) electrons. The van der Waals surface area contributed by atoms with Crippen molar-refractivity contribution in [2.45, 2.75) is 6.18 Å². The predicted octanol–water partition coefficient (Wildman–Crippen LogP) is 4.72. The van der Waals surface area contributed by atoms with Crippen molar-refractivity contribution < 1.29 is 18.0 Å². The monoisotopic (exact) mass is 435 g/mol. The van der Waals surface area contributed by atoms with E-state index in [1.165, 1.54) is 22.9 Å². The number of amides is 1. The van der Waals surface area contributed by atoms with Crippen LogP contribution in [0, 0.1) is 0 Å². The lowest BCUT2D eigenvalue weighted by Gasteiger charge is -2.08. The van der Waals surface area contributed by atoms with Gasteiger partial charge in [0, 0.05) is 11.1 Å². The van der Waals surface area contributed by atoms with Gasteiger partial charge in [-0.3, -0.25) is 4.79 Å². The van der Waals surface area contributed by atoms with Crippen molar-refractivity contribution in [1.82, 2.24) is 20.2 Å². The van der Waals surface area contributed by atoms with Crippen LogP contribution in [-0.4, -0.2) is 26.9 Å². The largest absolute Gasteiger partial charge is 0.417 e. The molecule has 0 bridgehead atoms. The normalized spacial score (nSPS) is 11.6. The molecule has 9 heteroatoms. The van der Waals surface area contributed by atoms with Gasteiger partial charge in [-0.1, -0.05) is 66.7 Å². The van der Waals surface area contributed by atoms with E-state index in [1.807, 2.05) is 60.7 Å². The summed E-state index contributed by atoms with van der Waals surface area (Å²) in [6.45, 7) is 0. The van der Waals surface area contributed by atoms with Gasteiger partial charge in [-0.15, -0.1) is 5.10 Å². The van der Waals surface area contributed by atoms with Crippen molar-refractivity contribution in [3.63, 3.8) is 0 Å². The lowest BCUT2D eigenvalue weighted by Crippen LogP contribution is -2.20. The fourth-order valence-electron chi connectivity index (χ4n) is 3.01. The average molecular weight is 435 g/mol. The topological polar surface area (TPSA) is 72.2 Å². The van der Waals surface area contributed by atoms with E-state index in [-0.39, 0.29) is 11.4 Å². The molecule has 0 atom stereocenters. The molecule has 4 rings (SSSR count). The molecule has 32 heavy (non-hydrogen) atoms. The zero-order valence-electron chi connectivity index (χ0n) is 16.5. The molecule has 0 fully saturated rings. The number of nitrogens with zero attached hydrogens (tertiary/aromatic N) is 4. The van der Waals surface area contributed by atoms with E-state index >= 15 is 0 Å². The third-order valence-electron chi connectivity index (χ3n) is 4.48. The second-order valence-electron chi connectivity index (χ2n) is 6.66.